The summed E-state index contributed by atoms with van der Waals surface area (Å²) in [6.45, 7) is 8.75. The van der Waals surface area contributed by atoms with Gasteiger partial charge >= 0.3 is 209 Å². The minimum absolute atomic E-state index is 0. The van der Waals surface area contributed by atoms with E-state index < -0.39 is 23.2 Å². The standard InChI is InChI=1S/2C15H14N.2ClH.Zr/c2*1-11-9-12(2)16(10-11)15-8-4-6-13-5-3-7-14(13)15;;;/h2*3-10H,1-2H3;2*1H;/q;;;;+2/p-2. The fourth-order valence-corrected chi connectivity index (χ4v) is 9.64. The Morgan fingerprint density at radius 2 is 1.06 bits per heavy atom. The largest absolute Gasteiger partial charge is 1.00 e. The predicted molar refractivity (Wildman–Crippen MR) is 134 cm³/mol. The molecule has 2 unspecified atom stereocenters. The summed E-state index contributed by atoms with van der Waals surface area (Å²) in [5.41, 5.74) is 13.8. The average molecular weight is 579 g/mol. The molecular formula is C30H28Cl2N2Zr. The Morgan fingerprint density at radius 1 is 0.629 bits per heavy atom. The Labute approximate surface area is 232 Å². The molecule has 0 bridgehead atoms. The molecule has 0 spiro atoms. The zero-order valence-corrected chi connectivity index (χ0v) is 24.4. The summed E-state index contributed by atoms with van der Waals surface area (Å²) in [6.07, 6.45) is 14.3. The van der Waals surface area contributed by atoms with E-state index in [1.807, 2.05) is 0 Å². The average Bonchev–Trinajstić information content (AvgIpc) is 3.55. The van der Waals surface area contributed by atoms with Crippen molar-refractivity contribution in [2.75, 3.05) is 0 Å². The fraction of sp³-hybridized carbons (Fsp3) is 0.200. The second kappa shape index (κ2) is 10.1. The Hall–Kier alpha value is -2.06. The van der Waals surface area contributed by atoms with Crippen molar-refractivity contribution in [3.05, 3.63) is 118 Å². The topological polar surface area (TPSA) is 9.86 Å². The van der Waals surface area contributed by atoms with Crippen LogP contribution in [0, 0.1) is 27.7 Å². The first-order valence-corrected chi connectivity index (χ1v) is 14.5. The predicted octanol–water partition coefficient (Wildman–Crippen LogP) is 1.43. The van der Waals surface area contributed by atoms with E-state index in [4.69, 9.17) is 0 Å². The number of hydrogen-bond acceptors (Lipinski definition) is 0. The van der Waals surface area contributed by atoms with E-state index in [2.05, 4.69) is 122 Å². The molecule has 2 aliphatic rings. The van der Waals surface area contributed by atoms with Crippen molar-refractivity contribution in [3.8, 4) is 11.4 Å². The number of hydrogen-bond donors (Lipinski definition) is 0. The summed E-state index contributed by atoms with van der Waals surface area (Å²) in [7, 11) is 0. The van der Waals surface area contributed by atoms with Crippen LogP contribution < -0.4 is 24.8 Å². The zero-order chi connectivity index (χ0) is 22.7. The third-order valence-corrected chi connectivity index (χ3v) is 11.2. The Balaban J connectivity index is 0.00000144. The van der Waals surface area contributed by atoms with Gasteiger partial charge in [-0.3, -0.25) is 0 Å². The molecule has 5 heteroatoms. The maximum absolute atomic E-state index is 2.49. The first kappa shape index (κ1) is 26.0. The minimum Gasteiger partial charge on any atom is -1.00 e. The molecule has 0 N–H and O–H groups in total. The van der Waals surface area contributed by atoms with Crippen LogP contribution in [-0.4, -0.2) is 9.13 Å². The molecule has 0 amide bonds. The summed E-state index contributed by atoms with van der Waals surface area (Å²) < 4.78 is 5.93. The third-order valence-electron chi connectivity index (χ3n) is 6.99. The van der Waals surface area contributed by atoms with Crippen LogP contribution in [0.4, 0.5) is 0 Å². The van der Waals surface area contributed by atoms with Gasteiger partial charge in [0.05, 0.1) is 0 Å². The van der Waals surface area contributed by atoms with Gasteiger partial charge in [-0.2, -0.15) is 0 Å². The van der Waals surface area contributed by atoms with Gasteiger partial charge < -0.3 is 24.8 Å². The van der Waals surface area contributed by atoms with E-state index >= 15 is 0 Å². The maximum Gasteiger partial charge on any atom is -1.00 e. The van der Waals surface area contributed by atoms with Crippen molar-refractivity contribution < 1.29 is 48.0 Å². The molecule has 2 heterocycles. The molecule has 2 aliphatic carbocycles. The van der Waals surface area contributed by atoms with Gasteiger partial charge in [-0.05, 0) is 0 Å². The van der Waals surface area contributed by atoms with Crippen molar-refractivity contribution in [2.24, 2.45) is 0 Å². The number of halogens is 2. The second-order valence-corrected chi connectivity index (χ2v) is 13.3. The van der Waals surface area contributed by atoms with Gasteiger partial charge in [0.15, 0.2) is 0 Å². The van der Waals surface area contributed by atoms with Crippen molar-refractivity contribution in [2.45, 2.75) is 34.9 Å². The molecule has 6 rings (SSSR count). The van der Waals surface area contributed by atoms with Gasteiger partial charge in [0.2, 0.25) is 0 Å². The molecule has 2 atom stereocenters. The zero-order valence-electron chi connectivity index (χ0n) is 20.4. The van der Waals surface area contributed by atoms with Gasteiger partial charge in [-0.1, -0.05) is 0 Å². The summed E-state index contributed by atoms with van der Waals surface area (Å²) in [6, 6.07) is 18.3. The first-order valence-electron chi connectivity index (χ1n) is 11.7. The second-order valence-electron chi connectivity index (χ2n) is 9.46. The summed E-state index contributed by atoms with van der Waals surface area (Å²) in [5.74, 6) is 0. The van der Waals surface area contributed by atoms with E-state index in [1.165, 1.54) is 56.1 Å². The summed E-state index contributed by atoms with van der Waals surface area (Å²) in [5, 5.41) is 0. The van der Waals surface area contributed by atoms with E-state index in [1.54, 1.807) is 0 Å². The monoisotopic (exact) mass is 576 g/mol. The van der Waals surface area contributed by atoms with Crippen molar-refractivity contribution >= 4 is 12.2 Å². The molecule has 0 aliphatic heterocycles. The Bertz CT molecular complexity index is 1350. The van der Waals surface area contributed by atoms with Gasteiger partial charge in [0.25, 0.3) is 0 Å². The Morgan fingerprint density at radius 3 is 1.43 bits per heavy atom. The van der Waals surface area contributed by atoms with E-state index in [0.29, 0.717) is 7.25 Å². The Kier molecular flexibility index (Phi) is 7.53. The molecule has 0 radical (unpaired) electrons. The van der Waals surface area contributed by atoms with Gasteiger partial charge in [-0.25, -0.2) is 0 Å². The maximum atomic E-state index is 2.49. The van der Waals surface area contributed by atoms with Crippen molar-refractivity contribution in [1.29, 1.82) is 0 Å². The quantitative estimate of drug-likeness (QED) is 0.347. The molecule has 0 saturated carbocycles. The smallest absolute Gasteiger partial charge is 1.00 e. The number of rotatable bonds is 4. The van der Waals surface area contributed by atoms with E-state index in [0.717, 1.165) is 0 Å². The molecule has 2 aromatic carbocycles. The van der Waals surface area contributed by atoms with Crippen molar-refractivity contribution in [1.82, 2.24) is 9.13 Å². The van der Waals surface area contributed by atoms with Crippen LogP contribution in [-0.2, 0) is 23.2 Å². The number of benzene rings is 2. The van der Waals surface area contributed by atoms with Gasteiger partial charge in [0, 0.05) is 0 Å². The van der Waals surface area contributed by atoms with E-state index in [-0.39, 0.29) is 24.8 Å². The normalized spacial score (nSPS) is 16.9. The third kappa shape index (κ3) is 4.48. The van der Waals surface area contributed by atoms with Crippen LogP contribution in [0.3, 0.4) is 0 Å². The fourth-order valence-electron chi connectivity index (χ4n) is 5.55. The molecule has 0 saturated heterocycles. The SMILES string of the molecule is Cc1cc(C)n(-c2cccc3c2C=C[CH]3[Zr+2][CH]2C=Cc3c2cccc3-n2cc(C)cc2C)c1.[Cl-].[Cl-]. The van der Waals surface area contributed by atoms with Crippen LogP contribution in [0.15, 0.2) is 73.1 Å². The molecular weight excluding hydrogens is 550 g/mol. The van der Waals surface area contributed by atoms with Crippen LogP contribution in [0.25, 0.3) is 23.5 Å². The van der Waals surface area contributed by atoms with Gasteiger partial charge in [-0.15, -0.1) is 0 Å². The van der Waals surface area contributed by atoms with Crippen molar-refractivity contribution in [3.63, 3.8) is 0 Å². The van der Waals surface area contributed by atoms with E-state index in [9.17, 15) is 0 Å². The summed E-state index contributed by atoms with van der Waals surface area (Å²) in [4.78, 5) is 0. The molecule has 0 fully saturated rings. The molecule has 2 aromatic heterocycles. The van der Waals surface area contributed by atoms with Crippen LogP contribution >= 0.6 is 0 Å². The number of allylic oxidation sites excluding steroid dienone is 2. The number of aromatic nitrogens is 2. The molecule has 2 nitrogen and oxygen atoms in total. The van der Waals surface area contributed by atoms with Gasteiger partial charge in [0.1, 0.15) is 0 Å². The molecule has 4 aromatic rings. The number of nitrogens with zero attached hydrogens (tertiary/aromatic N) is 2. The molecule has 176 valence electrons. The number of fused-ring (bicyclic) bond motifs is 2. The number of aryl methyl sites for hydroxylation is 4. The minimum atomic E-state index is -0.793. The first-order chi connectivity index (χ1) is 16.0. The van der Waals surface area contributed by atoms with Crippen LogP contribution in [0.2, 0.25) is 0 Å². The van der Waals surface area contributed by atoms with Crippen LogP contribution in [0.1, 0.15) is 52.0 Å². The summed E-state index contributed by atoms with van der Waals surface area (Å²) >= 11 is -0.793. The molecule has 35 heavy (non-hydrogen) atoms. The van der Waals surface area contributed by atoms with Crippen LogP contribution in [0.5, 0.6) is 0 Å².